The molecule has 0 saturated heterocycles. The van der Waals surface area contributed by atoms with Gasteiger partial charge in [0.2, 0.25) is 0 Å². The van der Waals surface area contributed by atoms with Gasteiger partial charge in [0.05, 0.1) is 5.69 Å². The first-order valence-corrected chi connectivity index (χ1v) is 6.91. The minimum atomic E-state index is -0.183. The third-order valence-corrected chi connectivity index (χ3v) is 3.90. The number of aromatic nitrogens is 2. The highest BCUT2D eigenvalue weighted by atomic mass is 32.1. The van der Waals surface area contributed by atoms with Crippen molar-refractivity contribution in [2.75, 3.05) is 0 Å². The van der Waals surface area contributed by atoms with E-state index in [4.69, 9.17) is 0 Å². The molecule has 2 aromatic heterocycles. The highest BCUT2D eigenvalue weighted by Gasteiger charge is 2.17. The number of carbonyl (C=O) groups excluding carboxylic acids is 1. The van der Waals surface area contributed by atoms with Gasteiger partial charge in [-0.1, -0.05) is 0 Å². The highest BCUT2D eigenvalue weighted by Crippen LogP contribution is 2.17. The lowest BCUT2D eigenvalue weighted by atomic mass is 10.3. The molecule has 0 spiro atoms. The largest absolute Gasteiger partial charge is 0.290 e. The maximum atomic E-state index is 12.1. The summed E-state index contributed by atoms with van der Waals surface area (Å²) in [6.07, 6.45) is 6.21. The number of carbonyl (C=O) groups is 1. The molecule has 2 heterocycles. The smallest absolute Gasteiger partial charge is 0.286 e. The van der Waals surface area contributed by atoms with Crippen LogP contribution in [0.2, 0.25) is 0 Å². The van der Waals surface area contributed by atoms with Crippen LogP contribution in [0, 0.1) is 6.92 Å². The van der Waals surface area contributed by atoms with E-state index in [2.05, 4.69) is 15.5 Å². The quantitative estimate of drug-likeness (QED) is 0.845. The first-order chi connectivity index (χ1) is 8.75. The topological polar surface area (TPSA) is 58.8 Å². The Morgan fingerprint density at radius 3 is 3.06 bits per heavy atom. The maximum Gasteiger partial charge on any atom is 0.290 e. The van der Waals surface area contributed by atoms with Crippen LogP contribution in [-0.4, -0.2) is 21.0 Å². The van der Waals surface area contributed by atoms with Crippen LogP contribution in [0.25, 0.3) is 4.96 Å². The second-order valence-corrected chi connectivity index (χ2v) is 5.30. The Labute approximate surface area is 109 Å². The van der Waals surface area contributed by atoms with Gasteiger partial charge >= 0.3 is 0 Å². The van der Waals surface area contributed by atoms with Crippen LogP contribution >= 0.6 is 11.3 Å². The van der Waals surface area contributed by atoms with Crippen LogP contribution in [0.5, 0.6) is 0 Å². The number of nitrogens with zero attached hydrogens (tertiary/aromatic N) is 3. The molecule has 0 radical (unpaired) electrons. The summed E-state index contributed by atoms with van der Waals surface area (Å²) in [5.74, 6) is -0.183. The van der Waals surface area contributed by atoms with E-state index in [0.717, 1.165) is 29.2 Å². The molecule has 3 rings (SSSR count). The van der Waals surface area contributed by atoms with E-state index in [0.29, 0.717) is 5.69 Å². The molecule has 1 aliphatic rings. The van der Waals surface area contributed by atoms with Crippen molar-refractivity contribution < 1.29 is 4.79 Å². The molecule has 1 N–H and O–H groups in total. The van der Waals surface area contributed by atoms with Crippen molar-refractivity contribution in [3.8, 4) is 0 Å². The molecule has 1 aliphatic carbocycles. The van der Waals surface area contributed by atoms with Gasteiger partial charge in [-0.3, -0.25) is 9.20 Å². The minimum Gasteiger partial charge on any atom is -0.286 e. The molecule has 1 amide bonds. The molecule has 0 unspecified atom stereocenters. The van der Waals surface area contributed by atoms with Crippen molar-refractivity contribution in [1.82, 2.24) is 14.8 Å². The molecule has 2 aromatic rings. The third kappa shape index (κ3) is 1.92. The first-order valence-electron chi connectivity index (χ1n) is 6.03. The molecule has 0 atom stereocenters. The van der Waals surface area contributed by atoms with Crippen molar-refractivity contribution in [3.63, 3.8) is 0 Å². The summed E-state index contributed by atoms with van der Waals surface area (Å²) in [5.41, 5.74) is 5.05. The lowest BCUT2D eigenvalue weighted by Gasteiger charge is -2.01. The van der Waals surface area contributed by atoms with Crippen molar-refractivity contribution in [2.24, 2.45) is 5.10 Å². The second kappa shape index (κ2) is 4.53. The SMILES string of the molecule is Cc1nc2sccn2c1C(=O)NN=C1CCCC1. The van der Waals surface area contributed by atoms with Crippen LogP contribution in [0.3, 0.4) is 0 Å². The lowest BCUT2D eigenvalue weighted by molar-refractivity contribution is 0.0948. The van der Waals surface area contributed by atoms with Gasteiger partial charge < -0.3 is 0 Å². The molecule has 94 valence electrons. The fraction of sp³-hybridized carbons (Fsp3) is 0.417. The van der Waals surface area contributed by atoms with E-state index >= 15 is 0 Å². The maximum absolute atomic E-state index is 12.1. The Morgan fingerprint density at radius 2 is 2.28 bits per heavy atom. The number of fused-ring (bicyclic) bond motifs is 1. The number of hydrogen-bond donors (Lipinski definition) is 1. The summed E-state index contributed by atoms with van der Waals surface area (Å²) < 4.78 is 1.81. The fourth-order valence-electron chi connectivity index (χ4n) is 2.25. The molecule has 1 saturated carbocycles. The molecule has 0 aliphatic heterocycles. The minimum absolute atomic E-state index is 0.183. The first kappa shape index (κ1) is 11.4. The zero-order valence-corrected chi connectivity index (χ0v) is 11.0. The van der Waals surface area contributed by atoms with Crippen LogP contribution in [0.15, 0.2) is 16.7 Å². The zero-order valence-electron chi connectivity index (χ0n) is 10.1. The summed E-state index contributed by atoms with van der Waals surface area (Å²) in [6.45, 7) is 1.84. The van der Waals surface area contributed by atoms with E-state index in [-0.39, 0.29) is 5.91 Å². The van der Waals surface area contributed by atoms with E-state index in [9.17, 15) is 4.79 Å². The van der Waals surface area contributed by atoms with Gasteiger partial charge in [0.15, 0.2) is 4.96 Å². The lowest BCUT2D eigenvalue weighted by Crippen LogP contribution is -2.21. The third-order valence-electron chi connectivity index (χ3n) is 3.15. The van der Waals surface area contributed by atoms with E-state index < -0.39 is 0 Å². The monoisotopic (exact) mass is 262 g/mol. The molecule has 0 bridgehead atoms. The summed E-state index contributed by atoms with van der Waals surface area (Å²) in [7, 11) is 0. The highest BCUT2D eigenvalue weighted by molar-refractivity contribution is 7.15. The number of amides is 1. The molecular weight excluding hydrogens is 248 g/mol. The average molecular weight is 262 g/mol. The van der Waals surface area contributed by atoms with Gasteiger partial charge in [0.1, 0.15) is 5.69 Å². The second-order valence-electron chi connectivity index (χ2n) is 4.43. The Balaban J connectivity index is 1.85. The van der Waals surface area contributed by atoms with E-state index in [1.807, 2.05) is 22.9 Å². The molecule has 18 heavy (non-hydrogen) atoms. The zero-order chi connectivity index (χ0) is 12.5. The summed E-state index contributed by atoms with van der Waals surface area (Å²) in [5, 5.41) is 6.11. The van der Waals surface area contributed by atoms with E-state index in [1.165, 1.54) is 24.2 Å². The van der Waals surface area contributed by atoms with Crippen molar-refractivity contribution in [1.29, 1.82) is 0 Å². The number of aryl methyl sites for hydroxylation is 1. The Hall–Kier alpha value is -1.69. The van der Waals surface area contributed by atoms with Crippen LogP contribution in [-0.2, 0) is 0 Å². The van der Waals surface area contributed by atoms with Crippen LogP contribution in [0.1, 0.15) is 41.9 Å². The summed E-state index contributed by atoms with van der Waals surface area (Å²) >= 11 is 1.52. The Morgan fingerprint density at radius 1 is 1.50 bits per heavy atom. The summed E-state index contributed by atoms with van der Waals surface area (Å²) in [6, 6.07) is 0. The predicted octanol–water partition coefficient (Wildman–Crippen LogP) is 2.36. The number of thiazole rings is 1. The number of imidazole rings is 1. The predicted molar refractivity (Wildman–Crippen MR) is 71.2 cm³/mol. The average Bonchev–Trinajstić information content (AvgIpc) is 3.01. The van der Waals surface area contributed by atoms with Crippen LogP contribution in [0.4, 0.5) is 0 Å². The van der Waals surface area contributed by atoms with Crippen molar-refractivity contribution in [3.05, 3.63) is 23.0 Å². The Bertz CT molecular complexity index is 617. The Kier molecular flexibility index (Phi) is 2.87. The molecule has 0 aromatic carbocycles. The van der Waals surface area contributed by atoms with E-state index in [1.54, 1.807) is 0 Å². The molecule has 1 fully saturated rings. The number of rotatable bonds is 2. The van der Waals surface area contributed by atoms with Gasteiger partial charge in [-0.25, -0.2) is 10.4 Å². The van der Waals surface area contributed by atoms with Gasteiger partial charge in [-0.15, -0.1) is 11.3 Å². The number of nitrogens with one attached hydrogen (secondary N) is 1. The van der Waals surface area contributed by atoms with Gasteiger partial charge in [0, 0.05) is 17.3 Å². The fourth-order valence-corrected chi connectivity index (χ4v) is 3.00. The molecule has 6 heteroatoms. The van der Waals surface area contributed by atoms with Gasteiger partial charge in [-0.2, -0.15) is 5.10 Å². The standard InChI is InChI=1S/C12H14N4OS/c1-8-10(16-6-7-18-12(16)13-8)11(17)15-14-9-4-2-3-5-9/h6-7H,2-5H2,1H3,(H,15,17). The van der Waals surface area contributed by atoms with Crippen molar-refractivity contribution in [2.45, 2.75) is 32.6 Å². The molecule has 5 nitrogen and oxygen atoms in total. The van der Waals surface area contributed by atoms with Gasteiger partial charge in [0.25, 0.3) is 5.91 Å². The summed E-state index contributed by atoms with van der Waals surface area (Å²) in [4.78, 5) is 17.3. The van der Waals surface area contributed by atoms with Gasteiger partial charge in [-0.05, 0) is 32.6 Å². The normalized spacial score (nSPS) is 15.3. The number of hydrogen-bond acceptors (Lipinski definition) is 4. The number of hydrazone groups is 1. The van der Waals surface area contributed by atoms with Crippen molar-refractivity contribution >= 4 is 27.9 Å². The molecular formula is C12H14N4OS. The van der Waals surface area contributed by atoms with Crippen LogP contribution < -0.4 is 5.43 Å².